The zero-order chi connectivity index (χ0) is 13.8. The molecular formula is C13H21NO4. The van der Waals surface area contributed by atoms with Crippen LogP contribution in [0.4, 0.5) is 0 Å². The lowest BCUT2D eigenvalue weighted by Gasteiger charge is -2.24. The molecule has 2 atom stereocenters. The first kappa shape index (κ1) is 14.7. The number of hydrogen-bond donors (Lipinski definition) is 2. The van der Waals surface area contributed by atoms with Crippen molar-refractivity contribution >= 4 is 11.9 Å². The second-order valence-corrected chi connectivity index (χ2v) is 5.51. The van der Waals surface area contributed by atoms with Crippen LogP contribution in [0.5, 0.6) is 0 Å². The van der Waals surface area contributed by atoms with Gasteiger partial charge in [0.15, 0.2) is 5.92 Å². The van der Waals surface area contributed by atoms with Gasteiger partial charge in [-0.2, -0.15) is 0 Å². The van der Waals surface area contributed by atoms with Crippen molar-refractivity contribution < 1.29 is 19.4 Å². The van der Waals surface area contributed by atoms with E-state index in [4.69, 9.17) is 9.84 Å². The monoisotopic (exact) mass is 255 g/mol. The highest BCUT2D eigenvalue weighted by Gasteiger charge is 2.33. The van der Waals surface area contributed by atoms with Gasteiger partial charge in [-0.05, 0) is 33.1 Å². The van der Waals surface area contributed by atoms with Crippen molar-refractivity contribution in [1.29, 1.82) is 0 Å². The minimum absolute atomic E-state index is 0.0624. The van der Waals surface area contributed by atoms with Crippen LogP contribution in [0.1, 0.15) is 27.2 Å². The Bertz CT molecular complexity index is 343. The number of carboxylic acid groups (broad SMARTS) is 1. The van der Waals surface area contributed by atoms with E-state index >= 15 is 0 Å². The van der Waals surface area contributed by atoms with Crippen molar-refractivity contribution in [3.63, 3.8) is 0 Å². The van der Waals surface area contributed by atoms with Crippen LogP contribution in [0.2, 0.25) is 0 Å². The first-order valence-corrected chi connectivity index (χ1v) is 6.12. The highest BCUT2D eigenvalue weighted by atomic mass is 16.6. The molecule has 1 aliphatic heterocycles. The van der Waals surface area contributed by atoms with Crippen molar-refractivity contribution in [2.45, 2.75) is 32.8 Å². The van der Waals surface area contributed by atoms with E-state index in [0.29, 0.717) is 6.54 Å². The quantitative estimate of drug-likeness (QED) is 0.448. The molecule has 5 heteroatoms. The predicted octanol–water partition coefficient (Wildman–Crippen LogP) is 1.19. The average molecular weight is 255 g/mol. The van der Waals surface area contributed by atoms with E-state index < -0.39 is 23.5 Å². The van der Waals surface area contributed by atoms with E-state index in [1.807, 2.05) is 12.2 Å². The van der Waals surface area contributed by atoms with Crippen molar-refractivity contribution in [3.8, 4) is 0 Å². The van der Waals surface area contributed by atoms with Crippen LogP contribution in [-0.4, -0.2) is 35.7 Å². The van der Waals surface area contributed by atoms with E-state index in [-0.39, 0.29) is 12.3 Å². The molecule has 0 aromatic rings. The summed E-state index contributed by atoms with van der Waals surface area (Å²) in [5.74, 6) is -2.82. The molecule has 0 fully saturated rings. The van der Waals surface area contributed by atoms with Gasteiger partial charge in [-0.3, -0.25) is 9.59 Å². The Morgan fingerprint density at radius 1 is 1.50 bits per heavy atom. The van der Waals surface area contributed by atoms with E-state index in [1.54, 1.807) is 20.8 Å². The van der Waals surface area contributed by atoms with Gasteiger partial charge in [0, 0.05) is 13.1 Å². The molecule has 0 amide bonds. The van der Waals surface area contributed by atoms with Gasteiger partial charge in [0.25, 0.3) is 0 Å². The lowest BCUT2D eigenvalue weighted by molar-refractivity contribution is -0.167. The van der Waals surface area contributed by atoms with Crippen LogP contribution >= 0.6 is 0 Å². The van der Waals surface area contributed by atoms with Gasteiger partial charge in [0.05, 0.1) is 0 Å². The fourth-order valence-corrected chi connectivity index (χ4v) is 1.82. The van der Waals surface area contributed by atoms with Crippen LogP contribution in [-0.2, 0) is 14.3 Å². The Kier molecular flexibility index (Phi) is 4.90. The third-order valence-electron chi connectivity index (χ3n) is 2.60. The number of carbonyl (C=O) groups excluding carboxylic acids is 1. The molecule has 0 saturated heterocycles. The largest absolute Gasteiger partial charge is 0.481 e. The second kappa shape index (κ2) is 6.00. The zero-order valence-corrected chi connectivity index (χ0v) is 11.1. The van der Waals surface area contributed by atoms with Gasteiger partial charge in [0.1, 0.15) is 5.60 Å². The Morgan fingerprint density at radius 3 is 2.61 bits per heavy atom. The lowest BCUT2D eigenvalue weighted by atomic mass is 9.92. The van der Waals surface area contributed by atoms with Crippen LogP contribution in [0, 0.1) is 11.8 Å². The molecule has 0 saturated carbocycles. The maximum absolute atomic E-state index is 11.8. The van der Waals surface area contributed by atoms with E-state index in [9.17, 15) is 9.59 Å². The molecule has 0 radical (unpaired) electrons. The Hall–Kier alpha value is -1.36. The highest BCUT2D eigenvalue weighted by Crippen LogP contribution is 2.20. The number of carboxylic acids is 1. The van der Waals surface area contributed by atoms with E-state index in [2.05, 4.69) is 5.32 Å². The standard InChI is InChI=1S/C13H21NO4/c1-13(2,3)18-12(17)10(11(15)16)7-9-5-4-6-14-8-9/h4-5,9-10,14H,6-8H2,1-3H3,(H,15,16). The molecule has 18 heavy (non-hydrogen) atoms. The second-order valence-electron chi connectivity index (χ2n) is 5.51. The summed E-state index contributed by atoms with van der Waals surface area (Å²) in [5, 5.41) is 12.3. The minimum Gasteiger partial charge on any atom is -0.481 e. The number of aliphatic carboxylic acids is 1. The third-order valence-corrected chi connectivity index (χ3v) is 2.60. The third kappa shape index (κ3) is 4.87. The summed E-state index contributed by atoms with van der Waals surface area (Å²) < 4.78 is 5.14. The molecule has 1 heterocycles. The molecule has 0 spiro atoms. The van der Waals surface area contributed by atoms with E-state index in [1.165, 1.54) is 0 Å². The summed E-state index contributed by atoms with van der Waals surface area (Å²) in [6, 6.07) is 0. The van der Waals surface area contributed by atoms with Gasteiger partial charge >= 0.3 is 11.9 Å². The normalized spacial score (nSPS) is 21.4. The molecule has 0 aromatic heterocycles. The van der Waals surface area contributed by atoms with Crippen LogP contribution in [0.3, 0.4) is 0 Å². The fraction of sp³-hybridized carbons (Fsp3) is 0.692. The molecular weight excluding hydrogens is 234 g/mol. The van der Waals surface area contributed by atoms with Gasteiger partial charge in [0.2, 0.25) is 0 Å². The van der Waals surface area contributed by atoms with Crippen molar-refractivity contribution in [1.82, 2.24) is 5.32 Å². The first-order chi connectivity index (χ1) is 8.29. The maximum atomic E-state index is 11.8. The fourth-order valence-electron chi connectivity index (χ4n) is 1.82. The number of ether oxygens (including phenoxy) is 1. The number of carbonyl (C=O) groups is 2. The van der Waals surface area contributed by atoms with Crippen LogP contribution in [0.25, 0.3) is 0 Å². The predicted molar refractivity (Wildman–Crippen MR) is 67.1 cm³/mol. The summed E-state index contributed by atoms with van der Waals surface area (Å²) in [6.45, 7) is 6.67. The van der Waals surface area contributed by atoms with Gasteiger partial charge in [-0.1, -0.05) is 12.2 Å². The van der Waals surface area contributed by atoms with E-state index in [0.717, 1.165) is 6.54 Å². The number of nitrogens with one attached hydrogen (secondary N) is 1. The number of esters is 1. The van der Waals surface area contributed by atoms with Crippen molar-refractivity contribution in [2.24, 2.45) is 11.8 Å². The molecule has 1 aliphatic rings. The molecule has 2 unspecified atom stereocenters. The number of hydrogen-bond acceptors (Lipinski definition) is 4. The Labute approximate surface area is 107 Å². The molecule has 1 rings (SSSR count). The van der Waals surface area contributed by atoms with Crippen molar-refractivity contribution in [2.75, 3.05) is 13.1 Å². The van der Waals surface area contributed by atoms with Gasteiger partial charge in [-0.15, -0.1) is 0 Å². The molecule has 0 aromatic carbocycles. The SMILES string of the molecule is CC(C)(C)OC(=O)C(CC1C=CCNC1)C(=O)O. The maximum Gasteiger partial charge on any atom is 0.320 e. The zero-order valence-electron chi connectivity index (χ0n) is 11.1. The Balaban J connectivity index is 2.64. The lowest BCUT2D eigenvalue weighted by Crippen LogP contribution is -2.36. The average Bonchev–Trinajstić information content (AvgIpc) is 2.24. The summed E-state index contributed by atoms with van der Waals surface area (Å²) >= 11 is 0. The smallest absolute Gasteiger partial charge is 0.320 e. The number of rotatable bonds is 4. The van der Waals surface area contributed by atoms with Gasteiger partial charge in [-0.25, -0.2) is 0 Å². The van der Waals surface area contributed by atoms with Crippen molar-refractivity contribution in [3.05, 3.63) is 12.2 Å². The summed E-state index contributed by atoms with van der Waals surface area (Å²) in [6.07, 6.45) is 4.17. The van der Waals surface area contributed by atoms with Gasteiger partial charge < -0.3 is 15.2 Å². The topological polar surface area (TPSA) is 75.6 Å². The molecule has 0 aliphatic carbocycles. The van der Waals surface area contributed by atoms with Crippen LogP contribution < -0.4 is 5.32 Å². The summed E-state index contributed by atoms with van der Waals surface area (Å²) in [7, 11) is 0. The molecule has 5 nitrogen and oxygen atoms in total. The highest BCUT2D eigenvalue weighted by molar-refractivity contribution is 5.94. The molecule has 102 valence electrons. The molecule has 0 bridgehead atoms. The molecule has 2 N–H and O–H groups in total. The van der Waals surface area contributed by atoms with Crippen LogP contribution in [0.15, 0.2) is 12.2 Å². The minimum atomic E-state index is -1.12. The Morgan fingerprint density at radius 2 is 2.17 bits per heavy atom. The summed E-state index contributed by atoms with van der Waals surface area (Å²) in [5.41, 5.74) is -0.661. The first-order valence-electron chi connectivity index (χ1n) is 6.12. The summed E-state index contributed by atoms with van der Waals surface area (Å²) in [4.78, 5) is 23.0.